The second-order valence-electron chi connectivity index (χ2n) is 7.44. The number of aryl methyl sites for hydroxylation is 1. The van der Waals surface area contributed by atoms with Crippen LogP contribution in [0, 0.1) is 23.7 Å². The molecular weight excluding hydrogens is 246 g/mol. The maximum Gasteiger partial charge on any atom is 0.0763 e. The first-order chi connectivity index (χ1) is 9.78. The largest absolute Gasteiger partial charge is 0.325 e. The number of aromatic nitrogens is 2. The molecule has 110 valence electrons. The number of hydrogen-bond donors (Lipinski definition) is 1. The second kappa shape index (κ2) is 4.87. The fourth-order valence-electron chi connectivity index (χ4n) is 5.65. The maximum absolute atomic E-state index is 5.83. The Labute approximate surface area is 121 Å². The summed E-state index contributed by atoms with van der Waals surface area (Å²) in [7, 11) is 0. The van der Waals surface area contributed by atoms with Gasteiger partial charge in [0.15, 0.2) is 0 Å². The first kappa shape index (κ1) is 12.9. The standard InChI is InChI=1S/C17H27N3/c1-2-3-20-16(9-15(10-18)19-20)17-13-5-11-4-12(7-13)8-14(17)6-11/h9,11-14,17H,2-8,10,18H2,1H3. The molecular formula is C17H27N3. The van der Waals surface area contributed by atoms with Crippen LogP contribution in [0.5, 0.6) is 0 Å². The lowest BCUT2D eigenvalue weighted by atomic mass is 9.51. The van der Waals surface area contributed by atoms with E-state index < -0.39 is 0 Å². The van der Waals surface area contributed by atoms with Gasteiger partial charge in [-0.1, -0.05) is 6.92 Å². The minimum absolute atomic E-state index is 0.580. The normalized spacial score (nSPS) is 38.6. The van der Waals surface area contributed by atoms with Gasteiger partial charge in [-0.3, -0.25) is 4.68 Å². The van der Waals surface area contributed by atoms with Gasteiger partial charge in [0, 0.05) is 24.7 Å². The van der Waals surface area contributed by atoms with E-state index in [2.05, 4.69) is 17.7 Å². The van der Waals surface area contributed by atoms with Crippen LogP contribution in [-0.2, 0) is 13.1 Å². The van der Waals surface area contributed by atoms with Gasteiger partial charge in [0.2, 0.25) is 0 Å². The van der Waals surface area contributed by atoms with Gasteiger partial charge >= 0.3 is 0 Å². The Morgan fingerprint density at radius 3 is 2.35 bits per heavy atom. The molecule has 0 aliphatic heterocycles. The molecule has 0 atom stereocenters. The summed E-state index contributed by atoms with van der Waals surface area (Å²) in [6, 6.07) is 2.32. The molecule has 3 heteroatoms. The van der Waals surface area contributed by atoms with Crippen LogP contribution in [0.25, 0.3) is 0 Å². The van der Waals surface area contributed by atoms with Gasteiger partial charge in [-0.25, -0.2) is 0 Å². The van der Waals surface area contributed by atoms with Gasteiger partial charge in [-0.15, -0.1) is 0 Å². The Morgan fingerprint density at radius 1 is 1.15 bits per heavy atom. The molecule has 20 heavy (non-hydrogen) atoms. The molecule has 4 fully saturated rings. The van der Waals surface area contributed by atoms with Gasteiger partial charge in [0.1, 0.15) is 0 Å². The lowest BCUT2D eigenvalue weighted by molar-refractivity contribution is -0.00565. The van der Waals surface area contributed by atoms with Crippen LogP contribution in [0.1, 0.15) is 62.8 Å². The molecule has 1 aromatic heterocycles. The average molecular weight is 273 g/mol. The molecule has 5 rings (SSSR count). The first-order valence-corrected chi connectivity index (χ1v) is 8.55. The van der Waals surface area contributed by atoms with Gasteiger partial charge < -0.3 is 5.73 Å². The van der Waals surface area contributed by atoms with E-state index in [4.69, 9.17) is 10.8 Å². The third-order valence-electron chi connectivity index (χ3n) is 6.07. The fourth-order valence-corrected chi connectivity index (χ4v) is 5.65. The molecule has 1 heterocycles. The average Bonchev–Trinajstić information content (AvgIpc) is 2.81. The number of rotatable bonds is 4. The topological polar surface area (TPSA) is 43.8 Å². The van der Waals surface area contributed by atoms with Crippen molar-refractivity contribution in [2.24, 2.45) is 29.4 Å². The molecule has 2 N–H and O–H groups in total. The van der Waals surface area contributed by atoms with Crippen molar-refractivity contribution in [2.45, 2.75) is 64.5 Å². The minimum Gasteiger partial charge on any atom is -0.325 e. The zero-order valence-electron chi connectivity index (χ0n) is 12.6. The third kappa shape index (κ3) is 1.93. The van der Waals surface area contributed by atoms with Crippen LogP contribution in [0.3, 0.4) is 0 Å². The zero-order chi connectivity index (χ0) is 13.7. The summed E-state index contributed by atoms with van der Waals surface area (Å²) in [6.07, 6.45) is 8.60. The first-order valence-electron chi connectivity index (χ1n) is 8.55. The van der Waals surface area contributed by atoms with Crippen LogP contribution in [0.2, 0.25) is 0 Å². The van der Waals surface area contributed by atoms with Crippen LogP contribution in [-0.4, -0.2) is 9.78 Å². The fraction of sp³-hybridized carbons (Fsp3) is 0.824. The van der Waals surface area contributed by atoms with E-state index in [-0.39, 0.29) is 0 Å². The quantitative estimate of drug-likeness (QED) is 0.915. The molecule has 4 bridgehead atoms. The molecule has 4 aliphatic rings. The smallest absolute Gasteiger partial charge is 0.0763 e. The predicted octanol–water partition coefficient (Wildman–Crippen LogP) is 3.29. The Balaban J connectivity index is 1.68. The summed E-state index contributed by atoms with van der Waals surface area (Å²) in [6.45, 7) is 3.87. The molecule has 0 saturated heterocycles. The third-order valence-corrected chi connectivity index (χ3v) is 6.07. The van der Waals surface area contributed by atoms with E-state index >= 15 is 0 Å². The molecule has 0 spiro atoms. The molecule has 0 aromatic carbocycles. The zero-order valence-corrected chi connectivity index (χ0v) is 12.6. The van der Waals surface area contributed by atoms with Crippen LogP contribution in [0.15, 0.2) is 6.07 Å². The van der Waals surface area contributed by atoms with Crippen molar-refractivity contribution in [3.8, 4) is 0 Å². The van der Waals surface area contributed by atoms with E-state index in [9.17, 15) is 0 Å². The van der Waals surface area contributed by atoms with Crippen LogP contribution in [0.4, 0.5) is 0 Å². The minimum atomic E-state index is 0.580. The number of nitrogens with two attached hydrogens (primary N) is 1. The molecule has 1 aromatic rings. The van der Waals surface area contributed by atoms with Gasteiger partial charge in [-0.2, -0.15) is 5.10 Å². The van der Waals surface area contributed by atoms with Crippen LogP contribution >= 0.6 is 0 Å². The Kier molecular flexibility index (Phi) is 3.13. The van der Waals surface area contributed by atoms with Crippen molar-refractivity contribution in [1.29, 1.82) is 0 Å². The SMILES string of the molecule is CCCn1nc(CN)cc1C1C2CC3CC(C2)CC1C3. The van der Waals surface area contributed by atoms with Gasteiger partial charge in [0.25, 0.3) is 0 Å². The van der Waals surface area contributed by atoms with Gasteiger partial charge in [0.05, 0.1) is 5.69 Å². The highest BCUT2D eigenvalue weighted by atomic mass is 15.3. The highest BCUT2D eigenvalue weighted by Crippen LogP contribution is 2.59. The van der Waals surface area contributed by atoms with Crippen molar-refractivity contribution in [3.63, 3.8) is 0 Å². The van der Waals surface area contributed by atoms with Crippen molar-refractivity contribution in [2.75, 3.05) is 0 Å². The van der Waals surface area contributed by atoms with E-state index in [1.165, 1.54) is 37.8 Å². The molecule has 3 nitrogen and oxygen atoms in total. The molecule has 0 unspecified atom stereocenters. The van der Waals surface area contributed by atoms with Crippen molar-refractivity contribution in [3.05, 3.63) is 17.5 Å². The maximum atomic E-state index is 5.83. The molecule has 0 amide bonds. The highest BCUT2D eigenvalue weighted by molar-refractivity contribution is 5.20. The summed E-state index contributed by atoms with van der Waals surface area (Å²) in [4.78, 5) is 0. The number of hydrogen-bond acceptors (Lipinski definition) is 2. The van der Waals surface area contributed by atoms with Crippen molar-refractivity contribution in [1.82, 2.24) is 9.78 Å². The molecule has 0 radical (unpaired) electrons. The predicted molar refractivity (Wildman–Crippen MR) is 80.2 cm³/mol. The summed E-state index contributed by atoms with van der Waals surface area (Å²) < 4.78 is 2.29. The molecule has 4 aliphatic carbocycles. The van der Waals surface area contributed by atoms with Crippen LogP contribution < -0.4 is 5.73 Å². The summed E-state index contributed by atoms with van der Waals surface area (Å²) in [5.41, 5.74) is 8.43. The lowest BCUT2D eigenvalue weighted by Gasteiger charge is -2.54. The van der Waals surface area contributed by atoms with E-state index in [0.29, 0.717) is 6.54 Å². The van der Waals surface area contributed by atoms with Gasteiger partial charge in [-0.05, 0) is 68.3 Å². The Morgan fingerprint density at radius 2 is 1.80 bits per heavy atom. The summed E-state index contributed by atoms with van der Waals surface area (Å²) >= 11 is 0. The Bertz CT molecular complexity index is 462. The highest BCUT2D eigenvalue weighted by Gasteiger charge is 2.49. The summed E-state index contributed by atoms with van der Waals surface area (Å²) in [5, 5.41) is 4.74. The van der Waals surface area contributed by atoms with E-state index in [0.717, 1.165) is 48.2 Å². The Hall–Kier alpha value is -0.830. The molecule has 4 saturated carbocycles. The summed E-state index contributed by atoms with van der Waals surface area (Å²) in [5.74, 6) is 4.74. The van der Waals surface area contributed by atoms with Crippen molar-refractivity contribution >= 4 is 0 Å². The van der Waals surface area contributed by atoms with E-state index in [1.807, 2.05) is 0 Å². The van der Waals surface area contributed by atoms with Crippen molar-refractivity contribution < 1.29 is 0 Å². The monoisotopic (exact) mass is 273 g/mol. The second-order valence-corrected chi connectivity index (χ2v) is 7.44. The lowest BCUT2D eigenvalue weighted by Crippen LogP contribution is -2.44. The van der Waals surface area contributed by atoms with E-state index in [1.54, 1.807) is 0 Å². The number of nitrogens with zero attached hydrogens (tertiary/aromatic N) is 2.